The molecule has 6 heteroatoms. The van der Waals surface area contributed by atoms with Crippen LogP contribution in [0.3, 0.4) is 0 Å². The van der Waals surface area contributed by atoms with Crippen molar-refractivity contribution in [3.05, 3.63) is 24.3 Å². The third-order valence-corrected chi connectivity index (χ3v) is 4.02. The van der Waals surface area contributed by atoms with Gasteiger partial charge in [-0.15, -0.1) is 0 Å². The van der Waals surface area contributed by atoms with E-state index >= 15 is 0 Å². The molecule has 3 N–H and O–H groups in total. The van der Waals surface area contributed by atoms with Crippen LogP contribution in [-0.2, 0) is 9.47 Å². The van der Waals surface area contributed by atoms with Gasteiger partial charge in [-0.3, -0.25) is 4.90 Å². The van der Waals surface area contributed by atoms with Gasteiger partial charge in [0.25, 0.3) is 0 Å². The zero-order valence-corrected chi connectivity index (χ0v) is 14.9. The maximum atomic E-state index is 5.72. The number of fused-ring (bicyclic) bond motifs is 1. The molecule has 0 saturated heterocycles. The molecule has 0 bridgehead atoms. The molecule has 0 fully saturated rings. The lowest BCUT2D eigenvalue weighted by Gasteiger charge is -2.23. The van der Waals surface area contributed by atoms with Crippen LogP contribution >= 0.6 is 0 Å². The first-order valence-corrected chi connectivity index (χ1v) is 9.05. The van der Waals surface area contributed by atoms with Gasteiger partial charge >= 0.3 is 0 Å². The van der Waals surface area contributed by atoms with Crippen LogP contribution in [0.4, 0.5) is 11.4 Å². The number of nitrogens with zero attached hydrogens (tertiary/aromatic N) is 1. The number of hydrogen-bond acceptors (Lipinski definition) is 6. The van der Waals surface area contributed by atoms with Crippen molar-refractivity contribution in [3.8, 4) is 0 Å². The molecule has 0 amide bonds. The molecule has 0 saturated carbocycles. The second-order valence-corrected chi connectivity index (χ2v) is 5.80. The van der Waals surface area contributed by atoms with E-state index in [1.54, 1.807) is 0 Å². The summed E-state index contributed by atoms with van der Waals surface area (Å²) in [6, 6.07) is 8.38. The highest BCUT2D eigenvalue weighted by atomic mass is 16.5. The zero-order valence-electron chi connectivity index (χ0n) is 14.9. The molecule has 24 heavy (non-hydrogen) atoms. The first kappa shape index (κ1) is 19.0. The lowest BCUT2D eigenvalue weighted by atomic mass is 10.2. The van der Waals surface area contributed by atoms with Crippen molar-refractivity contribution in [3.63, 3.8) is 0 Å². The summed E-state index contributed by atoms with van der Waals surface area (Å²) in [6.45, 7) is 11.6. The highest BCUT2D eigenvalue weighted by Gasteiger charge is 2.07. The van der Waals surface area contributed by atoms with Crippen LogP contribution in [0.25, 0.3) is 0 Å². The maximum absolute atomic E-state index is 5.72. The lowest BCUT2D eigenvalue weighted by molar-refractivity contribution is 0.0810. The van der Waals surface area contributed by atoms with Gasteiger partial charge in [0, 0.05) is 52.4 Å². The summed E-state index contributed by atoms with van der Waals surface area (Å²) in [5.41, 5.74) is 2.32. The quantitative estimate of drug-likeness (QED) is 0.724. The summed E-state index contributed by atoms with van der Waals surface area (Å²) in [4.78, 5) is 2.39. The van der Waals surface area contributed by atoms with Crippen LogP contribution in [0, 0.1) is 0 Å². The number of para-hydroxylation sites is 2. The SMILES string of the molecule is CCOCCN1CCNc2ccccc2NCCNCCOCC1. The van der Waals surface area contributed by atoms with Gasteiger partial charge in [0.2, 0.25) is 0 Å². The zero-order chi connectivity index (χ0) is 16.9. The molecule has 0 aliphatic carbocycles. The fourth-order valence-electron chi connectivity index (χ4n) is 2.66. The average molecular weight is 336 g/mol. The largest absolute Gasteiger partial charge is 0.382 e. The number of anilines is 2. The van der Waals surface area contributed by atoms with Crippen LogP contribution < -0.4 is 16.0 Å². The molecule has 2 rings (SSSR count). The van der Waals surface area contributed by atoms with Gasteiger partial charge in [0.1, 0.15) is 0 Å². The average Bonchev–Trinajstić information content (AvgIpc) is 2.61. The first-order chi connectivity index (χ1) is 11.9. The third kappa shape index (κ3) is 7.49. The summed E-state index contributed by atoms with van der Waals surface area (Å²) >= 11 is 0. The summed E-state index contributed by atoms with van der Waals surface area (Å²) in [5.74, 6) is 0. The van der Waals surface area contributed by atoms with Gasteiger partial charge < -0.3 is 25.4 Å². The molecular weight excluding hydrogens is 304 g/mol. The van der Waals surface area contributed by atoms with Gasteiger partial charge in [-0.1, -0.05) is 12.1 Å². The monoisotopic (exact) mass is 336 g/mol. The van der Waals surface area contributed by atoms with Crippen molar-refractivity contribution in [2.75, 3.05) is 82.9 Å². The van der Waals surface area contributed by atoms with Crippen LogP contribution in [0.5, 0.6) is 0 Å². The Labute approximate surface area is 145 Å². The Morgan fingerprint density at radius 3 is 2.58 bits per heavy atom. The second-order valence-electron chi connectivity index (χ2n) is 5.80. The van der Waals surface area contributed by atoms with Crippen LogP contribution in [0.15, 0.2) is 24.3 Å². The van der Waals surface area contributed by atoms with Crippen molar-refractivity contribution >= 4 is 11.4 Å². The van der Waals surface area contributed by atoms with Gasteiger partial charge in [-0.2, -0.15) is 0 Å². The molecule has 1 aromatic rings. The smallest absolute Gasteiger partial charge is 0.0594 e. The van der Waals surface area contributed by atoms with Gasteiger partial charge in [-0.05, 0) is 19.1 Å². The van der Waals surface area contributed by atoms with E-state index in [9.17, 15) is 0 Å². The molecule has 0 atom stereocenters. The van der Waals surface area contributed by atoms with E-state index < -0.39 is 0 Å². The summed E-state index contributed by atoms with van der Waals surface area (Å²) in [6.07, 6.45) is 0. The van der Waals surface area contributed by atoms with E-state index in [0.29, 0.717) is 0 Å². The number of ether oxygens (including phenoxy) is 2. The summed E-state index contributed by atoms with van der Waals surface area (Å²) in [5, 5.41) is 10.4. The molecule has 0 unspecified atom stereocenters. The van der Waals surface area contributed by atoms with Gasteiger partial charge in [0.05, 0.1) is 31.2 Å². The number of rotatable bonds is 4. The van der Waals surface area contributed by atoms with Crippen molar-refractivity contribution in [2.24, 2.45) is 0 Å². The summed E-state index contributed by atoms with van der Waals surface area (Å²) in [7, 11) is 0. The van der Waals surface area contributed by atoms with Crippen LogP contribution in [-0.4, -0.2) is 77.1 Å². The minimum absolute atomic E-state index is 0.758. The second kappa shape index (κ2) is 12.1. The standard InChI is InChI=1S/C18H32N4O2/c1-2-23-15-12-22-11-9-21-18-6-4-3-5-17(18)20-8-7-19-10-14-24-16-13-22/h3-6,19-21H,2,7-16H2,1H3. The van der Waals surface area contributed by atoms with E-state index in [0.717, 1.165) is 83.6 Å². The molecule has 136 valence electrons. The predicted octanol–water partition coefficient (Wildman–Crippen LogP) is 1.47. The Morgan fingerprint density at radius 2 is 1.79 bits per heavy atom. The number of nitrogens with one attached hydrogen (secondary N) is 3. The molecule has 1 aliphatic rings. The van der Waals surface area contributed by atoms with Crippen molar-refractivity contribution < 1.29 is 9.47 Å². The Bertz CT molecular complexity index is 445. The molecule has 1 aliphatic heterocycles. The number of hydrogen-bond donors (Lipinski definition) is 3. The predicted molar refractivity (Wildman–Crippen MR) is 100 cm³/mol. The minimum atomic E-state index is 0.758. The minimum Gasteiger partial charge on any atom is -0.382 e. The Morgan fingerprint density at radius 1 is 1.00 bits per heavy atom. The molecule has 1 heterocycles. The normalized spacial score (nSPS) is 18.5. The van der Waals surface area contributed by atoms with E-state index in [1.165, 1.54) is 0 Å². The summed E-state index contributed by atoms with van der Waals surface area (Å²) < 4.78 is 11.2. The lowest BCUT2D eigenvalue weighted by Crippen LogP contribution is -2.35. The van der Waals surface area contributed by atoms with E-state index in [-0.39, 0.29) is 0 Å². The van der Waals surface area contributed by atoms with E-state index in [4.69, 9.17) is 9.47 Å². The maximum Gasteiger partial charge on any atom is 0.0594 e. The van der Waals surface area contributed by atoms with E-state index in [1.807, 2.05) is 6.92 Å². The highest BCUT2D eigenvalue weighted by Crippen LogP contribution is 2.20. The van der Waals surface area contributed by atoms with E-state index in [2.05, 4.69) is 45.1 Å². The molecular formula is C18H32N4O2. The molecule has 1 aromatic carbocycles. The van der Waals surface area contributed by atoms with Crippen LogP contribution in [0.2, 0.25) is 0 Å². The van der Waals surface area contributed by atoms with Crippen molar-refractivity contribution in [2.45, 2.75) is 6.92 Å². The molecule has 6 nitrogen and oxygen atoms in total. The van der Waals surface area contributed by atoms with Gasteiger partial charge in [-0.25, -0.2) is 0 Å². The first-order valence-electron chi connectivity index (χ1n) is 9.05. The molecule has 0 radical (unpaired) electrons. The van der Waals surface area contributed by atoms with Crippen molar-refractivity contribution in [1.29, 1.82) is 0 Å². The van der Waals surface area contributed by atoms with Crippen LogP contribution in [0.1, 0.15) is 6.92 Å². The highest BCUT2D eigenvalue weighted by molar-refractivity contribution is 5.68. The topological polar surface area (TPSA) is 57.8 Å². The molecule has 0 spiro atoms. The van der Waals surface area contributed by atoms with Crippen molar-refractivity contribution in [1.82, 2.24) is 10.2 Å². The van der Waals surface area contributed by atoms with Gasteiger partial charge in [0.15, 0.2) is 0 Å². The number of benzene rings is 1. The fraction of sp³-hybridized carbons (Fsp3) is 0.667. The Balaban J connectivity index is 1.90. The Kier molecular flexibility index (Phi) is 9.56. The molecule has 0 aromatic heterocycles. The Hall–Kier alpha value is -1.34. The third-order valence-electron chi connectivity index (χ3n) is 4.02. The fourth-order valence-corrected chi connectivity index (χ4v) is 2.66.